The van der Waals surface area contributed by atoms with E-state index in [9.17, 15) is 46.2 Å². The van der Waals surface area contributed by atoms with Crippen LogP contribution in [0.5, 0.6) is 0 Å². The van der Waals surface area contributed by atoms with E-state index in [2.05, 4.69) is 10.1 Å². The largest absolute Gasteiger partial charge is 0.480 e. The lowest BCUT2D eigenvalue weighted by molar-refractivity contribution is -0.165. The highest BCUT2D eigenvalue weighted by atomic mass is 19.2. The zero-order chi connectivity index (χ0) is 38.5. The Morgan fingerprint density at radius 2 is 1.22 bits per heavy atom. The lowest BCUT2D eigenvalue weighted by Gasteiger charge is -2.33. The molecule has 0 aromatic carbocycles. The van der Waals surface area contributed by atoms with E-state index in [1.54, 1.807) is 20.8 Å². The Morgan fingerprint density at radius 3 is 1.67 bits per heavy atom. The number of carbonyl (C=O) groups excluding carboxylic acids is 3. The number of ether oxygens (including phenoxy) is 8. The molecule has 0 heterocycles. The van der Waals surface area contributed by atoms with Crippen LogP contribution in [0, 0.1) is 0 Å². The van der Waals surface area contributed by atoms with Crippen molar-refractivity contribution in [3.05, 3.63) is 23.3 Å². The van der Waals surface area contributed by atoms with Crippen molar-refractivity contribution in [3.63, 3.8) is 0 Å². The van der Waals surface area contributed by atoms with E-state index in [0.717, 1.165) is 0 Å². The smallest absolute Gasteiger partial charge is 0.407 e. The minimum absolute atomic E-state index is 0.0866. The summed E-state index contributed by atoms with van der Waals surface area (Å²) in [7, 11) is 0. The van der Waals surface area contributed by atoms with Gasteiger partial charge in [0.2, 0.25) is 17.7 Å². The Hall–Kier alpha value is -3.43. The number of esters is 1. The van der Waals surface area contributed by atoms with Crippen molar-refractivity contribution in [3.8, 4) is 0 Å². The molecule has 0 fully saturated rings. The fourth-order valence-electron chi connectivity index (χ4n) is 3.80. The predicted molar refractivity (Wildman–Crippen MR) is 166 cm³/mol. The summed E-state index contributed by atoms with van der Waals surface area (Å²) in [6, 6.07) is -1.93. The molecule has 1 rings (SSSR count). The molecular formula is C31H47F5N2O13. The fraction of sp³-hybridized carbons (Fsp3) is 0.742. The number of carboxylic acids is 1. The molecule has 0 spiro atoms. The third-order valence-corrected chi connectivity index (χ3v) is 6.32. The van der Waals surface area contributed by atoms with Gasteiger partial charge in [-0.1, -0.05) is 0 Å². The minimum atomic E-state index is -3.24. The Labute approximate surface area is 292 Å². The quantitative estimate of drug-likeness (QED) is 0.0667. The summed E-state index contributed by atoms with van der Waals surface area (Å²) < 4.78 is 110. The van der Waals surface area contributed by atoms with Gasteiger partial charge in [0, 0.05) is 13.0 Å². The van der Waals surface area contributed by atoms with E-state index in [1.165, 1.54) is 0 Å². The van der Waals surface area contributed by atoms with E-state index in [0.29, 0.717) is 59.7 Å². The van der Waals surface area contributed by atoms with Crippen LogP contribution < -0.4 is 10.6 Å². The van der Waals surface area contributed by atoms with E-state index >= 15 is 0 Å². The number of nitrogens with one attached hydrogen (secondary N) is 2. The Morgan fingerprint density at radius 1 is 0.765 bits per heavy atom. The molecule has 2 amide bonds. The molecule has 20 heteroatoms. The average molecular weight is 751 g/mol. The molecule has 0 saturated carbocycles. The van der Waals surface area contributed by atoms with E-state index in [4.69, 9.17) is 33.2 Å². The number of aliphatic carboxylic acids is 1. The van der Waals surface area contributed by atoms with Crippen LogP contribution in [0.4, 0.5) is 26.7 Å². The van der Waals surface area contributed by atoms with Gasteiger partial charge in [0.25, 0.3) is 0 Å². The van der Waals surface area contributed by atoms with Crippen molar-refractivity contribution in [2.45, 2.75) is 64.0 Å². The van der Waals surface area contributed by atoms with Gasteiger partial charge in [-0.15, -0.1) is 0 Å². The third-order valence-electron chi connectivity index (χ3n) is 6.32. The summed E-state index contributed by atoms with van der Waals surface area (Å²) in [5.41, 5.74) is -3.79. The van der Waals surface area contributed by atoms with Crippen LogP contribution in [0.25, 0.3) is 0 Å². The second-order valence-corrected chi connectivity index (χ2v) is 11.7. The van der Waals surface area contributed by atoms with Crippen molar-refractivity contribution >= 4 is 23.9 Å². The molecule has 0 bridgehead atoms. The molecule has 3 atom stereocenters. The molecule has 2 unspecified atom stereocenters. The van der Waals surface area contributed by atoms with Crippen LogP contribution in [0.3, 0.4) is 0 Å². The van der Waals surface area contributed by atoms with Gasteiger partial charge >= 0.3 is 18.0 Å². The zero-order valence-electron chi connectivity index (χ0n) is 29.0. The van der Waals surface area contributed by atoms with Crippen LogP contribution in [-0.4, -0.2) is 138 Å². The van der Waals surface area contributed by atoms with E-state index < -0.39 is 77.1 Å². The average Bonchev–Trinajstić information content (AvgIpc) is 3.05. The molecule has 0 saturated heterocycles. The Kier molecular flexibility index (Phi) is 21.4. The highest BCUT2D eigenvalue weighted by Crippen LogP contribution is 2.44. The second-order valence-electron chi connectivity index (χ2n) is 11.7. The molecule has 0 aromatic rings. The first-order valence-electron chi connectivity index (χ1n) is 15.9. The minimum Gasteiger partial charge on any atom is -0.480 e. The van der Waals surface area contributed by atoms with Gasteiger partial charge in [-0.05, 0) is 27.7 Å². The highest BCUT2D eigenvalue weighted by Gasteiger charge is 2.53. The molecule has 0 radical (unpaired) electrons. The SMILES string of the molecule is CC(C)(C)OC(=O)NCCOCCOCCOCCOCCOCCOCCC(=O)N[C@@H](CC(=O)OC1(C)C(F)=C(F)C(F)=C(F)C1F)C(=O)O. The summed E-state index contributed by atoms with van der Waals surface area (Å²) in [4.78, 5) is 47.2. The molecule has 1 aliphatic rings. The number of hydrogen-bond donors (Lipinski definition) is 3. The maximum atomic E-state index is 14.2. The van der Waals surface area contributed by atoms with E-state index in [1.807, 2.05) is 5.32 Å². The van der Waals surface area contributed by atoms with Gasteiger partial charge in [0.1, 0.15) is 11.6 Å². The van der Waals surface area contributed by atoms with Crippen LogP contribution in [0.15, 0.2) is 23.3 Å². The molecule has 0 aliphatic heterocycles. The molecule has 0 aromatic heterocycles. The maximum Gasteiger partial charge on any atom is 0.407 e. The number of rotatable bonds is 26. The van der Waals surface area contributed by atoms with Crippen LogP contribution in [0.1, 0.15) is 40.5 Å². The van der Waals surface area contributed by atoms with Crippen LogP contribution >= 0.6 is 0 Å². The van der Waals surface area contributed by atoms with Crippen molar-refractivity contribution in [2.24, 2.45) is 0 Å². The van der Waals surface area contributed by atoms with Crippen molar-refractivity contribution in [1.29, 1.82) is 0 Å². The predicted octanol–water partition coefficient (Wildman–Crippen LogP) is 2.92. The van der Waals surface area contributed by atoms with Gasteiger partial charge < -0.3 is 53.6 Å². The topological polar surface area (TPSA) is 186 Å². The van der Waals surface area contributed by atoms with Crippen LogP contribution in [-0.2, 0) is 52.3 Å². The van der Waals surface area contributed by atoms with Crippen molar-refractivity contribution < 1.29 is 84.1 Å². The van der Waals surface area contributed by atoms with Gasteiger partial charge in [-0.25, -0.2) is 31.5 Å². The Bertz CT molecular complexity index is 1190. The number of carbonyl (C=O) groups is 4. The molecule has 1 aliphatic carbocycles. The number of amides is 2. The first kappa shape index (κ1) is 45.6. The van der Waals surface area contributed by atoms with Gasteiger partial charge in [0.05, 0.1) is 85.7 Å². The third kappa shape index (κ3) is 18.6. The first-order valence-corrected chi connectivity index (χ1v) is 15.9. The van der Waals surface area contributed by atoms with Gasteiger partial charge in [-0.3, -0.25) is 9.59 Å². The van der Waals surface area contributed by atoms with Gasteiger partial charge in [-0.2, -0.15) is 0 Å². The van der Waals surface area contributed by atoms with E-state index in [-0.39, 0.29) is 39.5 Å². The monoisotopic (exact) mass is 750 g/mol. The molecule has 15 nitrogen and oxygen atoms in total. The lowest BCUT2D eigenvalue weighted by atomic mass is 9.91. The number of carboxylic acid groups (broad SMARTS) is 1. The number of allylic oxidation sites excluding steroid dienone is 2. The number of alkyl carbamates (subject to hydrolysis) is 1. The number of halogens is 5. The normalized spacial score (nSPS) is 18.4. The van der Waals surface area contributed by atoms with Crippen molar-refractivity contribution in [2.75, 3.05) is 85.8 Å². The summed E-state index contributed by atoms with van der Waals surface area (Å²) in [6.07, 6.45) is -5.25. The summed E-state index contributed by atoms with van der Waals surface area (Å²) >= 11 is 0. The molecule has 3 N–H and O–H groups in total. The number of alkyl halides is 1. The number of hydrogen-bond acceptors (Lipinski definition) is 12. The zero-order valence-corrected chi connectivity index (χ0v) is 29.0. The van der Waals surface area contributed by atoms with Gasteiger partial charge in [0.15, 0.2) is 23.3 Å². The fourth-order valence-corrected chi connectivity index (χ4v) is 3.80. The highest BCUT2D eigenvalue weighted by molar-refractivity contribution is 5.87. The molecular weight excluding hydrogens is 703 g/mol. The Balaban J connectivity index is 2.03. The lowest BCUT2D eigenvalue weighted by Crippen LogP contribution is -2.47. The summed E-state index contributed by atoms with van der Waals surface area (Å²) in [6.45, 7) is 9.18. The van der Waals surface area contributed by atoms with Crippen LogP contribution in [0.2, 0.25) is 0 Å². The standard InChI is InChI=1S/C31H47F5N2O13/c1-30(2,3)51-29(43)37-6-8-45-10-12-47-14-16-49-18-17-48-15-13-46-11-9-44-7-5-21(39)38-20(28(41)42)19-22(40)50-31(4)26(35)24(33)23(32)25(34)27(31)36/h20,26H,5-19H2,1-4H3,(H,37,43)(H,38,39)(H,41,42)/t20-,26?,31?/m0/s1. The molecule has 294 valence electrons. The summed E-state index contributed by atoms with van der Waals surface area (Å²) in [5.74, 6) is -13.6. The van der Waals surface area contributed by atoms with Crippen molar-refractivity contribution in [1.82, 2.24) is 10.6 Å². The maximum absolute atomic E-state index is 14.2. The molecule has 51 heavy (non-hydrogen) atoms. The second kappa shape index (κ2) is 23.9. The first-order chi connectivity index (χ1) is 24.0. The summed E-state index contributed by atoms with van der Waals surface area (Å²) in [5, 5.41) is 13.9.